The van der Waals surface area contributed by atoms with Crippen LogP contribution in [0.1, 0.15) is 93.9 Å². The molecule has 388 valence electrons. The number of fused-ring (bicyclic) bond motifs is 2. The van der Waals surface area contributed by atoms with Gasteiger partial charge in [0.2, 0.25) is 0 Å². The van der Waals surface area contributed by atoms with E-state index in [1.807, 2.05) is 98.8 Å². The zero-order valence-corrected chi connectivity index (χ0v) is 42.4. The first-order chi connectivity index (χ1) is 38.3. The molecule has 0 radical (unpaired) electrons. The second-order valence-corrected chi connectivity index (χ2v) is 18.3. The first kappa shape index (κ1) is 51.8. The van der Waals surface area contributed by atoms with E-state index >= 15 is 0 Å². The molecule has 0 aromatic heterocycles. The minimum Gasteiger partial charge on any atom is -0.508 e. The summed E-state index contributed by atoms with van der Waals surface area (Å²) in [5.74, 6) is -5.74. The van der Waals surface area contributed by atoms with E-state index in [1.165, 1.54) is 91.0 Å². The molecule has 10 aromatic carbocycles. The second-order valence-electron chi connectivity index (χ2n) is 18.3. The van der Waals surface area contributed by atoms with Gasteiger partial charge in [-0.1, -0.05) is 129 Å². The van der Waals surface area contributed by atoms with E-state index in [0.29, 0.717) is 34.2 Å². The van der Waals surface area contributed by atoms with Gasteiger partial charge in [0.15, 0.2) is 11.5 Å². The summed E-state index contributed by atoms with van der Waals surface area (Å²) in [5, 5.41) is 23.5. The Balaban J connectivity index is 0.892. The Labute approximate surface area is 452 Å². The number of benzene rings is 10. The lowest BCUT2D eigenvalue weighted by molar-refractivity contribution is 0.0669. The lowest BCUT2D eigenvalue weighted by atomic mass is 9.95. The molecule has 0 amide bonds. The highest BCUT2D eigenvalue weighted by atomic mass is 16.6. The van der Waals surface area contributed by atoms with Crippen molar-refractivity contribution < 1.29 is 62.7 Å². The highest BCUT2D eigenvalue weighted by Gasteiger charge is 2.27. The Morgan fingerprint density at radius 2 is 0.861 bits per heavy atom. The number of phenols is 1. The van der Waals surface area contributed by atoms with Gasteiger partial charge in [0.05, 0.1) is 16.7 Å². The molecular weight excluding hydrogens is 1000 g/mol. The maximum atomic E-state index is 14.2. The summed E-state index contributed by atoms with van der Waals surface area (Å²) in [6.07, 6.45) is 0.675. The van der Waals surface area contributed by atoms with Gasteiger partial charge in [0.1, 0.15) is 39.7 Å². The van der Waals surface area contributed by atoms with E-state index in [-0.39, 0.29) is 73.8 Å². The van der Waals surface area contributed by atoms with E-state index in [4.69, 9.17) is 23.7 Å². The summed E-state index contributed by atoms with van der Waals surface area (Å²) in [6, 6.07) is 57.4. The number of rotatable bonds is 15. The number of carbonyl (C=O) groups is 6. The molecule has 0 saturated heterocycles. The van der Waals surface area contributed by atoms with Gasteiger partial charge in [-0.15, -0.1) is 0 Å². The fourth-order valence-corrected chi connectivity index (χ4v) is 9.01. The van der Waals surface area contributed by atoms with Crippen LogP contribution in [0.4, 0.5) is 0 Å². The fraction of sp³-hybridized carbons (Fsp3) is 0.0606. The molecule has 0 heterocycles. The van der Waals surface area contributed by atoms with Crippen molar-refractivity contribution in [3.63, 3.8) is 0 Å². The molecule has 0 fully saturated rings. The standard InChI is InChI=1S/C66H46O13/c1-3-39(2)50-17-9-22-56(58(50)77-62(70)42-26-32-47(67)33-27-42)65(73)75-48-34-28-43(29-35-48)63(71)78-59-52(46-25-24-40-12-4-5-14-45(40)38-46)18-10-23-57(59)66(74)76-49-36-30-44(31-37-49)64(72)79-60-54(20-11-21-55(60)61(68)69)53-19-8-15-41-13-6-7-16-51(41)53/h4-39,67H,3H2,1-2H3,(H,68,69). The number of esters is 5. The van der Waals surface area contributed by atoms with Crippen molar-refractivity contribution in [1.82, 2.24) is 0 Å². The molecule has 10 aromatic rings. The molecule has 0 bridgehead atoms. The van der Waals surface area contributed by atoms with Crippen LogP contribution in [0, 0.1) is 0 Å². The van der Waals surface area contributed by atoms with Crippen LogP contribution >= 0.6 is 0 Å². The maximum absolute atomic E-state index is 14.2. The fourth-order valence-electron chi connectivity index (χ4n) is 9.01. The molecular formula is C66H46O13. The molecule has 0 aliphatic carbocycles. The smallest absolute Gasteiger partial charge is 0.347 e. The monoisotopic (exact) mass is 1050 g/mol. The minimum absolute atomic E-state index is 0.0117. The largest absolute Gasteiger partial charge is 0.508 e. The number of para-hydroxylation sites is 3. The predicted molar refractivity (Wildman–Crippen MR) is 297 cm³/mol. The van der Waals surface area contributed by atoms with Crippen LogP contribution in [0.3, 0.4) is 0 Å². The molecule has 0 aliphatic heterocycles. The van der Waals surface area contributed by atoms with Gasteiger partial charge >= 0.3 is 35.8 Å². The predicted octanol–water partition coefficient (Wildman–Crippen LogP) is 14.3. The van der Waals surface area contributed by atoms with Crippen LogP contribution in [-0.4, -0.2) is 46.0 Å². The molecule has 10 rings (SSSR count). The molecule has 13 nitrogen and oxygen atoms in total. The Morgan fingerprint density at radius 1 is 0.405 bits per heavy atom. The van der Waals surface area contributed by atoms with Crippen LogP contribution in [-0.2, 0) is 0 Å². The number of hydrogen-bond donors (Lipinski definition) is 2. The van der Waals surface area contributed by atoms with Crippen molar-refractivity contribution in [3.05, 3.63) is 251 Å². The van der Waals surface area contributed by atoms with E-state index in [1.54, 1.807) is 36.4 Å². The number of phenolic OH excluding ortho intramolecular Hbond substituents is 1. The van der Waals surface area contributed by atoms with Crippen molar-refractivity contribution >= 4 is 57.4 Å². The van der Waals surface area contributed by atoms with Gasteiger partial charge in [-0.05, 0) is 148 Å². The van der Waals surface area contributed by atoms with E-state index in [2.05, 4.69) is 0 Å². The highest BCUT2D eigenvalue weighted by Crippen LogP contribution is 2.40. The average Bonchev–Trinajstić information content (AvgIpc) is 3.52. The molecule has 13 heteroatoms. The lowest BCUT2D eigenvalue weighted by Crippen LogP contribution is -2.17. The highest BCUT2D eigenvalue weighted by molar-refractivity contribution is 6.05. The zero-order chi connectivity index (χ0) is 55.2. The Hall–Kier alpha value is -10.7. The summed E-state index contributed by atoms with van der Waals surface area (Å²) >= 11 is 0. The molecule has 1 unspecified atom stereocenters. The number of hydrogen-bond acceptors (Lipinski definition) is 12. The normalized spacial score (nSPS) is 11.3. The first-order valence-corrected chi connectivity index (χ1v) is 25.0. The molecule has 2 N–H and O–H groups in total. The van der Waals surface area contributed by atoms with Crippen LogP contribution in [0.15, 0.2) is 212 Å². The van der Waals surface area contributed by atoms with Crippen molar-refractivity contribution in [1.29, 1.82) is 0 Å². The number of aromatic carboxylic acids is 1. The topological polar surface area (TPSA) is 189 Å². The molecule has 1 atom stereocenters. The van der Waals surface area contributed by atoms with E-state index in [9.17, 15) is 39.0 Å². The molecule has 0 aliphatic rings. The van der Waals surface area contributed by atoms with Gasteiger partial charge < -0.3 is 33.9 Å². The molecule has 0 spiro atoms. The number of ether oxygens (including phenoxy) is 5. The Morgan fingerprint density at radius 3 is 1.46 bits per heavy atom. The summed E-state index contributed by atoms with van der Waals surface area (Å²) in [7, 11) is 0. The van der Waals surface area contributed by atoms with Crippen molar-refractivity contribution in [2.45, 2.75) is 26.2 Å². The SMILES string of the molecule is CCC(C)c1cccc(C(=O)Oc2ccc(C(=O)Oc3c(C(=O)Oc4ccc(C(=O)Oc5c(C(=O)O)cccc5-c5cccc6ccccc56)cc4)cccc3-c3ccc4ccccc4c3)cc2)c1OC(=O)c1ccc(O)cc1. The minimum atomic E-state index is -1.29. The van der Waals surface area contributed by atoms with Crippen molar-refractivity contribution in [2.75, 3.05) is 0 Å². The quantitative estimate of drug-likeness (QED) is 0.0729. The lowest BCUT2D eigenvalue weighted by Gasteiger charge is -2.18. The summed E-state index contributed by atoms with van der Waals surface area (Å²) < 4.78 is 29.4. The Bertz CT molecular complexity index is 4010. The van der Waals surface area contributed by atoms with Crippen molar-refractivity contribution in [3.8, 4) is 56.8 Å². The number of carbonyl (C=O) groups excluding carboxylic acids is 5. The third-order valence-corrected chi connectivity index (χ3v) is 13.3. The second kappa shape index (κ2) is 22.7. The van der Waals surface area contributed by atoms with Gasteiger partial charge in [-0.2, -0.15) is 0 Å². The van der Waals surface area contributed by atoms with E-state index in [0.717, 1.165) is 21.5 Å². The van der Waals surface area contributed by atoms with Gasteiger partial charge in [-0.3, -0.25) is 0 Å². The van der Waals surface area contributed by atoms with Gasteiger partial charge in [0, 0.05) is 11.1 Å². The number of carboxylic acid groups (broad SMARTS) is 1. The third kappa shape index (κ3) is 11.2. The van der Waals surface area contributed by atoms with Crippen molar-refractivity contribution in [2.24, 2.45) is 0 Å². The Kier molecular flexibility index (Phi) is 14.9. The van der Waals surface area contributed by atoms with E-state index < -0.39 is 35.8 Å². The van der Waals surface area contributed by atoms with Gasteiger partial charge in [0.25, 0.3) is 0 Å². The van der Waals surface area contributed by atoms with Crippen LogP contribution < -0.4 is 23.7 Å². The summed E-state index contributed by atoms with van der Waals surface area (Å²) in [4.78, 5) is 81.7. The zero-order valence-electron chi connectivity index (χ0n) is 42.4. The number of carboxylic acids is 1. The van der Waals surface area contributed by atoms with Crippen LogP contribution in [0.25, 0.3) is 43.8 Å². The summed E-state index contributed by atoms with van der Waals surface area (Å²) in [5.41, 5.74) is 2.59. The third-order valence-electron chi connectivity index (χ3n) is 13.3. The maximum Gasteiger partial charge on any atom is 0.347 e. The van der Waals surface area contributed by atoms with Crippen LogP contribution in [0.2, 0.25) is 0 Å². The molecule has 79 heavy (non-hydrogen) atoms. The van der Waals surface area contributed by atoms with Gasteiger partial charge in [-0.25, -0.2) is 28.8 Å². The average molecular weight is 1050 g/mol. The summed E-state index contributed by atoms with van der Waals surface area (Å²) in [6.45, 7) is 3.90. The van der Waals surface area contributed by atoms with Crippen LogP contribution in [0.5, 0.6) is 34.5 Å². The first-order valence-electron chi connectivity index (χ1n) is 25.0. The number of aromatic hydroxyl groups is 1. The molecule has 0 saturated carbocycles.